The summed E-state index contributed by atoms with van der Waals surface area (Å²) in [7, 11) is 4.31. The Kier molecular flexibility index (Phi) is 5.13. The average Bonchev–Trinajstić information content (AvgIpc) is 2.41. The van der Waals surface area contributed by atoms with E-state index in [0.717, 1.165) is 12.1 Å². The Bertz CT molecular complexity index is 418. The molecule has 1 aromatic rings. The van der Waals surface area contributed by atoms with Crippen molar-refractivity contribution in [1.82, 2.24) is 9.80 Å². The SMILES string of the molecule is CC(N)C(c1ccc(F)cc1)N(C)C1CCCN(C)C1. The van der Waals surface area contributed by atoms with Gasteiger partial charge in [0.1, 0.15) is 5.82 Å². The van der Waals surface area contributed by atoms with E-state index in [1.54, 1.807) is 0 Å². The van der Waals surface area contributed by atoms with Gasteiger partial charge in [-0.15, -0.1) is 0 Å². The van der Waals surface area contributed by atoms with Crippen LogP contribution in [-0.4, -0.2) is 49.1 Å². The van der Waals surface area contributed by atoms with Gasteiger partial charge in [0.25, 0.3) is 0 Å². The summed E-state index contributed by atoms with van der Waals surface area (Å²) in [6.45, 7) is 4.27. The molecular weight excluding hydrogens is 253 g/mol. The summed E-state index contributed by atoms with van der Waals surface area (Å²) >= 11 is 0. The van der Waals surface area contributed by atoms with Gasteiger partial charge in [-0.3, -0.25) is 4.90 Å². The highest BCUT2D eigenvalue weighted by Crippen LogP contribution is 2.27. The number of nitrogens with zero attached hydrogens (tertiary/aromatic N) is 2. The molecule has 112 valence electrons. The number of hydrogen-bond donors (Lipinski definition) is 1. The van der Waals surface area contributed by atoms with Gasteiger partial charge in [0.05, 0.1) is 0 Å². The fourth-order valence-corrected chi connectivity index (χ4v) is 3.27. The standard InChI is InChI=1S/C16H26FN3/c1-12(18)16(13-6-8-14(17)9-7-13)20(3)15-5-4-10-19(2)11-15/h6-9,12,15-16H,4-5,10-11,18H2,1-3H3. The van der Waals surface area contributed by atoms with Crippen LogP contribution in [0.25, 0.3) is 0 Å². The highest BCUT2D eigenvalue weighted by molar-refractivity contribution is 5.21. The van der Waals surface area contributed by atoms with Gasteiger partial charge >= 0.3 is 0 Å². The van der Waals surface area contributed by atoms with Crippen LogP contribution in [0.2, 0.25) is 0 Å². The molecule has 0 aliphatic carbocycles. The average molecular weight is 279 g/mol. The largest absolute Gasteiger partial charge is 0.326 e. The van der Waals surface area contributed by atoms with Gasteiger partial charge in [-0.1, -0.05) is 12.1 Å². The van der Waals surface area contributed by atoms with Crippen molar-refractivity contribution in [2.24, 2.45) is 5.73 Å². The lowest BCUT2D eigenvalue weighted by Gasteiger charge is -2.41. The van der Waals surface area contributed by atoms with E-state index in [1.807, 2.05) is 19.1 Å². The Morgan fingerprint density at radius 3 is 2.55 bits per heavy atom. The fraction of sp³-hybridized carbons (Fsp3) is 0.625. The Balaban J connectivity index is 2.17. The third kappa shape index (κ3) is 3.57. The molecule has 2 rings (SSSR count). The zero-order chi connectivity index (χ0) is 14.7. The van der Waals surface area contributed by atoms with Crippen LogP contribution in [0.5, 0.6) is 0 Å². The second-order valence-electron chi connectivity index (χ2n) is 6.08. The molecule has 0 spiro atoms. The lowest BCUT2D eigenvalue weighted by Crippen LogP contribution is -2.49. The summed E-state index contributed by atoms with van der Waals surface area (Å²) < 4.78 is 13.1. The number of benzene rings is 1. The second-order valence-corrected chi connectivity index (χ2v) is 6.08. The minimum Gasteiger partial charge on any atom is -0.326 e. The molecule has 1 fully saturated rings. The molecule has 3 atom stereocenters. The summed E-state index contributed by atoms with van der Waals surface area (Å²) in [4.78, 5) is 4.74. The van der Waals surface area contributed by atoms with Crippen LogP contribution in [0.4, 0.5) is 4.39 Å². The molecule has 4 heteroatoms. The lowest BCUT2D eigenvalue weighted by atomic mass is 9.95. The highest BCUT2D eigenvalue weighted by atomic mass is 19.1. The predicted molar refractivity (Wildman–Crippen MR) is 81.1 cm³/mol. The topological polar surface area (TPSA) is 32.5 Å². The summed E-state index contributed by atoms with van der Waals surface area (Å²) in [5.41, 5.74) is 7.29. The van der Waals surface area contributed by atoms with Gasteiger partial charge in [-0.25, -0.2) is 4.39 Å². The minimum absolute atomic E-state index is 0.0118. The van der Waals surface area contributed by atoms with Crippen molar-refractivity contribution in [3.05, 3.63) is 35.6 Å². The number of hydrogen-bond acceptors (Lipinski definition) is 3. The maximum atomic E-state index is 13.1. The smallest absolute Gasteiger partial charge is 0.123 e. The fourth-order valence-electron chi connectivity index (χ4n) is 3.27. The van der Waals surface area contributed by atoms with Crippen LogP contribution in [0, 0.1) is 5.82 Å². The molecule has 0 radical (unpaired) electrons. The summed E-state index contributed by atoms with van der Waals surface area (Å²) in [6.07, 6.45) is 2.42. The molecule has 0 saturated carbocycles. The Labute approximate surface area is 121 Å². The van der Waals surface area contributed by atoms with E-state index in [2.05, 4.69) is 23.9 Å². The third-order valence-electron chi connectivity index (χ3n) is 4.32. The van der Waals surface area contributed by atoms with Crippen molar-refractivity contribution in [2.75, 3.05) is 27.2 Å². The van der Waals surface area contributed by atoms with Crippen LogP contribution in [0.15, 0.2) is 24.3 Å². The molecule has 20 heavy (non-hydrogen) atoms. The number of rotatable bonds is 4. The molecule has 1 aliphatic rings. The number of halogens is 1. The molecule has 1 heterocycles. The summed E-state index contributed by atoms with van der Waals surface area (Å²) in [5, 5.41) is 0. The van der Waals surface area contributed by atoms with E-state index in [9.17, 15) is 4.39 Å². The highest BCUT2D eigenvalue weighted by Gasteiger charge is 2.29. The molecule has 1 saturated heterocycles. The van der Waals surface area contributed by atoms with E-state index < -0.39 is 0 Å². The predicted octanol–water partition coefficient (Wildman–Crippen LogP) is 2.24. The van der Waals surface area contributed by atoms with Gasteiger partial charge < -0.3 is 10.6 Å². The number of piperidine rings is 1. The van der Waals surface area contributed by atoms with Crippen LogP contribution in [0.3, 0.4) is 0 Å². The third-order valence-corrected chi connectivity index (χ3v) is 4.32. The number of likely N-dealkylation sites (N-methyl/N-ethyl adjacent to an activating group) is 2. The zero-order valence-corrected chi connectivity index (χ0v) is 12.7. The molecule has 2 N–H and O–H groups in total. The van der Waals surface area contributed by atoms with Crippen LogP contribution >= 0.6 is 0 Å². The van der Waals surface area contributed by atoms with E-state index in [4.69, 9.17) is 5.73 Å². The number of nitrogens with two attached hydrogens (primary N) is 1. The quantitative estimate of drug-likeness (QED) is 0.917. The molecule has 3 unspecified atom stereocenters. The molecule has 1 aliphatic heterocycles. The Hall–Kier alpha value is -0.970. The molecule has 3 nitrogen and oxygen atoms in total. The van der Waals surface area contributed by atoms with Crippen molar-refractivity contribution in [3.63, 3.8) is 0 Å². The Morgan fingerprint density at radius 1 is 1.35 bits per heavy atom. The number of likely N-dealkylation sites (tertiary alicyclic amines) is 1. The second kappa shape index (κ2) is 6.66. The minimum atomic E-state index is -0.197. The van der Waals surface area contributed by atoms with Crippen LogP contribution in [-0.2, 0) is 0 Å². The lowest BCUT2D eigenvalue weighted by molar-refractivity contribution is 0.0892. The van der Waals surface area contributed by atoms with Gasteiger partial charge in [0.2, 0.25) is 0 Å². The van der Waals surface area contributed by atoms with Gasteiger partial charge in [-0.05, 0) is 58.1 Å². The normalized spacial score (nSPS) is 23.8. The molecule has 0 amide bonds. The monoisotopic (exact) mass is 279 g/mol. The van der Waals surface area contributed by atoms with Gasteiger partial charge in [0, 0.05) is 24.7 Å². The maximum Gasteiger partial charge on any atom is 0.123 e. The van der Waals surface area contributed by atoms with E-state index in [0.29, 0.717) is 6.04 Å². The molecular formula is C16H26FN3. The summed E-state index contributed by atoms with van der Waals surface area (Å²) in [5.74, 6) is -0.197. The first kappa shape index (κ1) is 15.4. The van der Waals surface area contributed by atoms with Crippen molar-refractivity contribution >= 4 is 0 Å². The zero-order valence-electron chi connectivity index (χ0n) is 12.7. The van der Waals surface area contributed by atoms with Crippen molar-refractivity contribution in [3.8, 4) is 0 Å². The van der Waals surface area contributed by atoms with Gasteiger partial charge in [-0.2, -0.15) is 0 Å². The maximum absolute atomic E-state index is 13.1. The van der Waals surface area contributed by atoms with E-state index in [-0.39, 0.29) is 17.9 Å². The van der Waals surface area contributed by atoms with Crippen molar-refractivity contribution in [2.45, 2.75) is 37.9 Å². The van der Waals surface area contributed by atoms with Crippen LogP contribution < -0.4 is 5.73 Å². The molecule has 1 aromatic carbocycles. The first-order valence-electron chi connectivity index (χ1n) is 7.40. The summed E-state index contributed by atoms with van der Waals surface area (Å²) in [6, 6.07) is 7.40. The van der Waals surface area contributed by atoms with E-state index in [1.165, 1.54) is 31.5 Å². The Morgan fingerprint density at radius 2 is 2.00 bits per heavy atom. The van der Waals surface area contributed by atoms with Crippen molar-refractivity contribution in [1.29, 1.82) is 0 Å². The molecule has 0 bridgehead atoms. The van der Waals surface area contributed by atoms with Crippen molar-refractivity contribution < 1.29 is 4.39 Å². The first-order valence-corrected chi connectivity index (χ1v) is 7.40. The first-order chi connectivity index (χ1) is 9.49. The van der Waals surface area contributed by atoms with Crippen LogP contribution in [0.1, 0.15) is 31.4 Å². The molecule has 0 aromatic heterocycles. The van der Waals surface area contributed by atoms with Gasteiger partial charge in [0.15, 0.2) is 0 Å². The van der Waals surface area contributed by atoms with E-state index >= 15 is 0 Å².